The summed E-state index contributed by atoms with van der Waals surface area (Å²) in [7, 11) is 3.68. The van der Waals surface area contributed by atoms with Crippen molar-refractivity contribution in [3.8, 4) is 11.4 Å². The van der Waals surface area contributed by atoms with Gasteiger partial charge in [-0.25, -0.2) is 9.97 Å². The van der Waals surface area contributed by atoms with Gasteiger partial charge in [-0.05, 0) is 29.8 Å². The van der Waals surface area contributed by atoms with Crippen LogP contribution in [0.5, 0.6) is 0 Å². The average molecular weight is 492 g/mol. The number of nitrogens with zero attached hydrogens (tertiary/aromatic N) is 6. The van der Waals surface area contributed by atoms with E-state index >= 15 is 0 Å². The fraction of sp³-hybridized carbons (Fsp3) is 0.435. The molecule has 3 aromatic heterocycles. The quantitative estimate of drug-likeness (QED) is 0.517. The Morgan fingerprint density at radius 2 is 2.00 bits per heavy atom. The molecule has 0 unspecified atom stereocenters. The van der Waals surface area contributed by atoms with Crippen LogP contribution in [-0.2, 0) is 17.5 Å². The molecule has 0 bridgehead atoms. The highest BCUT2D eigenvalue weighted by molar-refractivity contribution is 5.70. The summed E-state index contributed by atoms with van der Waals surface area (Å²) in [6, 6.07) is 2.81. The van der Waals surface area contributed by atoms with Crippen molar-refractivity contribution in [2.45, 2.75) is 12.7 Å². The molecule has 12 heteroatoms. The topological polar surface area (TPSA) is 89.3 Å². The third kappa shape index (κ3) is 5.55. The zero-order valence-corrected chi connectivity index (χ0v) is 19.8. The van der Waals surface area contributed by atoms with Crippen LogP contribution in [0.25, 0.3) is 16.9 Å². The molecule has 0 radical (unpaired) electrons. The van der Waals surface area contributed by atoms with Gasteiger partial charge < -0.3 is 15.4 Å². The number of pyridine rings is 1. The fourth-order valence-electron chi connectivity index (χ4n) is 4.14. The molecular weight excluding hydrogens is 461 g/mol. The summed E-state index contributed by atoms with van der Waals surface area (Å²) in [4.78, 5) is 13.4. The Labute approximate surface area is 201 Å². The highest BCUT2D eigenvalue weighted by Crippen LogP contribution is 2.36. The van der Waals surface area contributed by atoms with Gasteiger partial charge in [-0.15, -0.1) is 0 Å². The molecule has 0 atom stereocenters. The first-order valence-electron chi connectivity index (χ1n) is 11.3. The van der Waals surface area contributed by atoms with Crippen molar-refractivity contribution in [2.24, 2.45) is 0 Å². The summed E-state index contributed by atoms with van der Waals surface area (Å²) in [6.07, 6.45) is -0.0825. The first kappa shape index (κ1) is 24.9. The van der Waals surface area contributed by atoms with Gasteiger partial charge >= 0.3 is 6.18 Å². The van der Waals surface area contributed by atoms with E-state index < -0.39 is 11.7 Å². The van der Waals surface area contributed by atoms with Gasteiger partial charge in [0.15, 0.2) is 5.52 Å². The number of H-pyrrole nitrogens is 1. The van der Waals surface area contributed by atoms with E-state index in [1.54, 1.807) is 22.7 Å². The highest BCUT2D eigenvalue weighted by Gasteiger charge is 2.37. The van der Waals surface area contributed by atoms with Gasteiger partial charge in [0, 0.05) is 52.2 Å². The van der Waals surface area contributed by atoms with Gasteiger partial charge in [-0.3, -0.25) is 9.80 Å². The number of rotatable bonds is 8. The highest BCUT2D eigenvalue weighted by atomic mass is 19.4. The molecule has 4 rings (SSSR count). The van der Waals surface area contributed by atoms with E-state index in [1.807, 2.05) is 12.3 Å². The maximum absolute atomic E-state index is 13.8. The maximum Gasteiger partial charge on any atom is 0.417 e. The Balaban J connectivity index is 1.81. The Bertz CT molecular complexity index is 1190. The molecule has 0 spiro atoms. The van der Waals surface area contributed by atoms with E-state index in [1.165, 1.54) is 0 Å². The summed E-state index contributed by atoms with van der Waals surface area (Å²) in [5, 5.41) is 4.49. The molecule has 35 heavy (non-hydrogen) atoms. The number of halogens is 3. The molecule has 1 aliphatic heterocycles. The number of methoxy groups -OCH3 is 1. The maximum atomic E-state index is 13.8. The molecule has 1 aliphatic rings. The molecule has 0 saturated carbocycles. The van der Waals surface area contributed by atoms with Crippen molar-refractivity contribution in [3.05, 3.63) is 48.4 Å². The lowest BCUT2D eigenvalue weighted by atomic mass is 10.1. The van der Waals surface area contributed by atoms with Gasteiger partial charge in [-0.1, -0.05) is 6.58 Å². The van der Waals surface area contributed by atoms with E-state index in [4.69, 9.17) is 10.5 Å². The molecule has 4 heterocycles. The van der Waals surface area contributed by atoms with E-state index in [0.29, 0.717) is 24.5 Å². The van der Waals surface area contributed by atoms with Crippen molar-refractivity contribution in [1.29, 1.82) is 0 Å². The zero-order valence-electron chi connectivity index (χ0n) is 19.8. The average Bonchev–Trinajstić information content (AvgIpc) is 3.22. The monoisotopic (exact) mass is 491 g/mol. The standard InChI is InChI=1S/C23H29F3N8O/c1-4-33(9-10-35-3)22-19-11-16(14-32-7-5-31(2)6-8-32)15-34(19)30-21(29-22)17-13-28-20(27)12-18(17)23(24,25)26/h4,11-13,15H,1,5-10,14H2,2-3H3,(H2,27,28)/p+1. The van der Waals surface area contributed by atoms with Crippen LogP contribution in [0.3, 0.4) is 0 Å². The van der Waals surface area contributed by atoms with Gasteiger partial charge in [0.2, 0.25) is 0 Å². The van der Waals surface area contributed by atoms with Crippen LogP contribution in [0.15, 0.2) is 37.3 Å². The first-order chi connectivity index (χ1) is 16.7. The molecular formula is C23H30F3N8O+. The SMILES string of the molecule is C=CN(CCOC)c1[nH+]c(-c2cnc(N)cc2C(F)(F)F)nn2cc(CN3CCN(C)CC3)cc12. The zero-order chi connectivity index (χ0) is 25.2. The van der Waals surface area contributed by atoms with E-state index in [9.17, 15) is 13.2 Å². The molecule has 0 amide bonds. The van der Waals surface area contributed by atoms with Crippen LogP contribution in [0.2, 0.25) is 0 Å². The second kappa shape index (κ2) is 10.2. The van der Waals surface area contributed by atoms with Crippen molar-refractivity contribution in [1.82, 2.24) is 24.4 Å². The molecule has 3 aromatic rings. The van der Waals surface area contributed by atoms with Crippen LogP contribution in [0.1, 0.15) is 11.1 Å². The lowest BCUT2D eigenvalue weighted by Gasteiger charge is -2.32. The molecule has 188 valence electrons. The molecule has 1 fully saturated rings. The smallest absolute Gasteiger partial charge is 0.384 e. The number of hydrogen-bond donors (Lipinski definition) is 1. The number of alkyl halides is 3. The number of ether oxygens (including phenoxy) is 1. The van der Waals surface area contributed by atoms with Gasteiger partial charge in [0.25, 0.3) is 11.6 Å². The second-order valence-corrected chi connectivity index (χ2v) is 8.60. The summed E-state index contributed by atoms with van der Waals surface area (Å²) in [6.45, 7) is 9.30. The van der Waals surface area contributed by atoms with Crippen molar-refractivity contribution in [2.75, 3.05) is 64.1 Å². The number of piperazine rings is 1. The molecule has 1 saturated heterocycles. The summed E-state index contributed by atoms with van der Waals surface area (Å²) < 4.78 is 48.3. The molecule has 3 N–H and O–H groups in total. The Hall–Kier alpha value is -3.22. The number of fused-ring (bicyclic) bond motifs is 1. The van der Waals surface area contributed by atoms with Crippen LogP contribution in [0.4, 0.5) is 24.8 Å². The first-order valence-corrected chi connectivity index (χ1v) is 11.3. The van der Waals surface area contributed by atoms with E-state index in [-0.39, 0.29) is 17.2 Å². The molecule has 0 aromatic carbocycles. The number of nitrogens with two attached hydrogens (primary N) is 1. The lowest BCUT2D eigenvalue weighted by molar-refractivity contribution is -0.354. The molecule has 0 aliphatic carbocycles. The summed E-state index contributed by atoms with van der Waals surface area (Å²) in [5.74, 6) is 0.348. The van der Waals surface area contributed by atoms with Crippen LogP contribution in [0, 0.1) is 0 Å². The van der Waals surface area contributed by atoms with E-state index in [2.05, 4.69) is 38.5 Å². The largest absolute Gasteiger partial charge is 0.417 e. The number of nitrogens with one attached hydrogen (secondary N) is 1. The summed E-state index contributed by atoms with van der Waals surface area (Å²) >= 11 is 0. The summed E-state index contributed by atoms with van der Waals surface area (Å²) in [5.41, 5.74) is 6.18. The van der Waals surface area contributed by atoms with Gasteiger partial charge in [0.05, 0.1) is 30.5 Å². The van der Waals surface area contributed by atoms with Gasteiger partial charge in [0.1, 0.15) is 5.82 Å². The predicted molar refractivity (Wildman–Crippen MR) is 127 cm³/mol. The third-order valence-corrected chi connectivity index (χ3v) is 6.08. The number of aromatic nitrogens is 4. The number of aromatic amines is 1. The van der Waals surface area contributed by atoms with Crippen molar-refractivity contribution in [3.63, 3.8) is 0 Å². The Morgan fingerprint density at radius 3 is 2.66 bits per heavy atom. The Kier molecular flexibility index (Phi) is 7.24. The fourth-order valence-corrected chi connectivity index (χ4v) is 4.14. The van der Waals surface area contributed by atoms with Crippen molar-refractivity contribution >= 4 is 17.2 Å². The predicted octanol–water partition coefficient (Wildman–Crippen LogP) is 2.16. The third-order valence-electron chi connectivity index (χ3n) is 6.08. The Morgan fingerprint density at radius 1 is 1.26 bits per heavy atom. The normalized spacial score (nSPS) is 15.6. The number of likely N-dealkylation sites (N-methyl/N-ethyl adjacent to an activating group) is 1. The minimum absolute atomic E-state index is 0.0124. The minimum Gasteiger partial charge on any atom is -0.384 e. The van der Waals surface area contributed by atoms with Crippen LogP contribution >= 0.6 is 0 Å². The van der Waals surface area contributed by atoms with Gasteiger partial charge in [-0.2, -0.15) is 17.7 Å². The molecule has 9 nitrogen and oxygen atoms in total. The second-order valence-electron chi connectivity index (χ2n) is 8.60. The van der Waals surface area contributed by atoms with Crippen LogP contribution < -0.4 is 15.6 Å². The number of nitrogen functional groups attached to an aromatic ring is 1. The van der Waals surface area contributed by atoms with E-state index in [0.717, 1.165) is 50.6 Å². The number of anilines is 2. The van der Waals surface area contributed by atoms with Crippen molar-refractivity contribution < 1.29 is 22.9 Å². The van der Waals surface area contributed by atoms with Crippen LogP contribution in [-0.4, -0.2) is 77.9 Å². The minimum atomic E-state index is -4.63. The number of hydrogen-bond acceptors (Lipinski definition) is 7. The lowest BCUT2D eigenvalue weighted by Crippen LogP contribution is -2.43.